The number of fused-ring (bicyclic) bond motifs is 1. The van der Waals surface area contributed by atoms with Crippen molar-refractivity contribution in [1.82, 2.24) is 4.98 Å². The van der Waals surface area contributed by atoms with Gasteiger partial charge in [-0.2, -0.15) is 4.99 Å². The van der Waals surface area contributed by atoms with Crippen molar-refractivity contribution in [1.29, 1.82) is 0 Å². The van der Waals surface area contributed by atoms with Gasteiger partial charge in [0.2, 0.25) is 6.08 Å². The van der Waals surface area contributed by atoms with E-state index in [0.29, 0.717) is 5.02 Å². The molecule has 3 nitrogen and oxygen atoms in total. The standard InChI is InChI=1S/C11H9ClN2O/c1-7(13-6-15)11-5-8-4-9(12)2-3-10(8)14-11/h2-5,7,14H,1H3. The van der Waals surface area contributed by atoms with Crippen LogP contribution in [-0.4, -0.2) is 11.1 Å². The highest BCUT2D eigenvalue weighted by Crippen LogP contribution is 2.24. The molecule has 0 bridgehead atoms. The zero-order chi connectivity index (χ0) is 10.8. The van der Waals surface area contributed by atoms with E-state index in [4.69, 9.17) is 11.6 Å². The Morgan fingerprint density at radius 1 is 1.47 bits per heavy atom. The minimum Gasteiger partial charge on any atom is -0.357 e. The van der Waals surface area contributed by atoms with Crippen LogP contribution >= 0.6 is 11.6 Å². The van der Waals surface area contributed by atoms with Crippen molar-refractivity contribution in [2.75, 3.05) is 0 Å². The molecule has 0 radical (unpaired) electrons. The van der Waals surface area contributed by atoms with Gasteiger partial charge in [-0.05, 0) is 31.2 Å². The molecule has 0 spiro atoms. The lowest BCUT2D eigenvalue weighted by atomic mass is 10.2. The van der Waals surface area contributed by atoms with Gasteiger partial charge in [-0.25, -0.2) is 4.79 Å². The molecule has 4 heteroatoms. The van der Waals surface area contributed by atoms with Gasteiger partial charge >= 0.3 is 0 Å². The van der Waals surface area contributed by atoms with Gasteiger partial charge in [0, 0.05) is 21.6 Å². The Bertz CT molecular complexity index is 541. The number of carbonyl (C=O) groups excluding carboxylic acids is 1. The molecule has 0 fully saturated rings. The summed E-state index contributed by atoms with van der Waals surface area (Å²) in [6.45, 7) is 1.83. The summed E-state index contributed by atoms with van der Waals surface area (Å²) in [6.07, 6.45) is 1.55. The Balaban J connectivity index is 2.51. The smallest absolute Gasteiger partial charge is 0.235 e. The van der Waals surface area contributed by atoms with Crippen molar-refractivity contribution in [2.45, 2.75) is 13.0 Å². The number of aromatic nitrogens is 1. The summed E-state index contributed by atoms with van der Waals surface area (Å²) < 4.78 is 0. The minimum absolute atomic E-state index is 0.200. The van der Waals surface area contributed by atoms with Gasteiger partial charge in [0.1, 0.15) is 0 Å². The first-order valence-electron chi connectivity index (χ1n) is 4.56. The molecule has 0 aliphatic rings. The number of H-pyrrole nitrogens is 1. The van der Waals surface area contributed by atoms with Crippen LogP contribution in [0, 0.1) is 0 Å². The van der Waals surface area contributed by atoms with E-state index < -0.39 is 0 Å². The van der Waals surface area contributed by atoms with Gasteiger partial charge in [0.15, 0.2) is 0 Å². The normalized spacial score (nSPS) is 12.4. The second-order valence-corrected chi connectivity index (χ2v) is 3.79. The Morgan fingerprint density at radius 3 is 3.00 bits per heavy atom. The van der Waals surface area contributed by atoms with Crippen molar-refractivity contribution >= 4 is 28.6 Å². The SMILES string of the molecule is CC(N=C=O)c1cc2cc(Cl)ccc2[nH]1. The van der Waals surface area contributed by atoms with E-state index in [0.717, 1.165) is 16.6 Å². The molecule has 0 amide bonds. The molecule has 1 atom stereocenters. The zero-order valence-corrected chi connectivity index (χ0v) is 8.88. The third kappa shape index (κ3) is 1.94. The zero-order valence-electron chi connectivity index (χ0n) is 8.12. The van der Waals surface area contributed by atoms with Crippen LogP contribution in [0.5, 0.6) is 0 Å². The molecule has 2 rings (SSSR count). The lowest BCUT2D eigenvalue weighted by Crippen LogP contribution is -1.87. The van der Waals surface area contributed by atoms with Crippen LogP contribution < -0.4 is 0 Å². The molecule has 0 aliphatic carbocycles. The monoisotopic (exact) mass is 220 g/mol. The topological polar surface area (TPSA) is 45.2 Å². The summed E-state index contributed by atoms with van der Waals surface area (Å²) in [6, 6.07) is 7.32. The predicted octanol–water partition coefficient (Wildman–Crippen LogP) is 3.22. The van der Waals surface area contributed by atoms with Gasteiger partial charge in [-0.1, -0.05) is 11.6 Å². The number of halogens is 1. The third-order valence-electron chi connectivity index (χ3n) is 2.30. The Labute approximate surface area is 91.8 Å². The first-order chi connectivity index (χ1) is 7.20. The molecule has 2 aromatic rings. The number of aliphatic imine (C=N–C) groups is 1. The molecule has 1 N–H and O–H groups in total. The van der Waals surface area contributed by atoms with Crippen LogP contribution in [0.25, 0.3) is 10.9 Å². The molecule has 1 aromatic carbocycles. The summed E-state index contributed by atoms with van der Waals surface area (Å²) in [5.74, 6) is 0. The fourth-order valence-corrected chi connectivity index (χ4v) is 1.68. The molecule has 0 saturated carbocycles. The summed E-state index contributed by atoms with van der Waals surface area (Å²) >= 11 is 5.87. The third-order valence-corrected chi connectivity index (χ3v) is 2.54. The fourth-order valence-electron chi connectivity index (χ4n) is 1.50. The summed E-state index contributed by atoms with van der Waals surface area (Å²) in [5.41, 5.74) is 1.87. The van der Waals surface area contributed by atoms with Gasteiger partial charge in [-0.3, -0.25) is 0 Å². The molecule has 0 aliphatic heterocycles. The van der Waals surface area contributed by atoms with Crippen molar-refractivity contribution in [3.8, 4) is 0 Å². The van der Waals surface area contributed by atoms with Crippen LogP contribution in [0.2, 0.25) is 5.02 Å². The summed E-state index contributed by atoms with van der Waals surface area (Å²) in [7, 11) is 0. The van der Waals surface area contributed by atoms with E-state index in [2.05, 4.69) is 9.98 Å². The first kappa shape index (κ1) is 9.97. The highest BCUT2D eigenvalue weighted by atomic mass is 35.5. The van der Waals surface area contributed by atoms with Gasteiger partial charge in [0.25, 0.3) is 0 Å². The highest BCUT2D eigenvalue weighted by Gasteiger charge is 2.07. The van der Waals surface area contributed by atoms with Crippen LogP contribution in [-0.2, 0) is 4.79 Å². The van der Waals surface area contributed by atoms with E-state index in [1.807, 2.05) is 31.2 Å². The Hall–Kier alpha value is -1.57. The van der Waals surface area contributed by atoms with E-state index in [1.165, 1.54) is 0 Å². The number of benzene rings is 1. The summed E-state index contributed by atoms with van der Waals surface area (Å²) in [5, 5.41) is 1.71. The van der Waals surface area contributed by atoms with Crippen molar-refractivity contribution < 1.29 is 4.79 Å². The Kier molecular flexibility index (Phi) is 2.58. The quantitative estimate of drug-likeness (QED) is 0.613. The maximum atomic E-state index is 10.1. The average molecular weight is 221 g/mol. The van der Waals surface area contributed by atoms with E-state index in [1.54, 1.807) is 6.08 Å². The number of hydrogen-bond acceptors (Lipinski definition) is 2. The van der Waals surface area contributed by atoms with Crippen molar-refractivity contribution in [2.24, 2.45) is 4.99 Å². The number of nitrogens with one attached hydrogen (secondary N) is 1. The molecule has 1 unspecified atom stereocenters. The van der Waals surface area contributed by atoms with Crippen LogP contribution in [0.3, 0.4) is 0 Å². The number of rotatable bonds is 2. The molecule has 76 valence electrons. The highest BCUT2D eigenvalue weighted by molar-refractivity contribution is 6.31. The van der Waals surface area contributed by atoms with E-state index >= 15 is 0 Å². The second kappa shape index (κ2) is 3.89. The van der Waals surface area contributed by atoms with Gasteiger partial charge in [0.05, 0.1) is 6.04 Å². The molecule has 0 saturated heterocycles. The number of isocyanates is 1. The lowest BCUT2D eigenvalue weighted by Gasteiger charge is -1.97. The minimum atomic E-state index is -0.200. The maximum absolute atomic E-state index is 10.1. The second-order valence-electron chi connectivity index (χ2n) is 3.35. The number of aromatic amines is 1. The van der Waals surface area contributed by atoms with Gasteiger partial charge in [-0.15, -0.1) is 0 Å². The maximum Gasteiger partial charge on any atom is 0.235 e. The number of nitrogens with zero attached hydrogens (tertiary/aromatic N) is 1. The molecular weight excluding hydrogens is 212 g/mol. The number of hydrogen-bond donors (Lipinski definition) is 1. The van der Waals surface area contributed by atoms with Crippen LogP contribution in [0.4, 0.5) is 0 Å². The Morgan fingerprint density at radius 2 is 2.27 bits per heavy atom. The van der Waals surface area contributed by atoms with E-state index in [9.17, 15) is 4.79 Å². The van der Waals surface area contributed by atoms with Crippen molar-refractivity contribution in [3.63, 3.8) is 0 Å². The average Bonchev–Trinajstić information content (AvgIpc) is 2.60. The van der Waals surface area contributed by atoms with Crippen LogP contribution in [0.1, 0.15) is 18.7 Å². The lowest BCUT2D eigenvalue weighted by molar-refractivity contribution is 0.559. The largest absolute Gasteiger partial charge is 0.357 e. The first-order valence-corrected chi connectivity index (χ1v) is 4.93. The molecular formula is C11H9ClN2O. The van der Waals surface area contributed by atoms with Crippen molar-refractivity contribution in [3.05, 3.63) is 35.0 Å². The van der Waals surface area contributed by atoms with Gasteiger partial charge < -0.3 is 4.98 Å². The molecule has 1 aromatic heterocycles. The van der Waals surface area contributed by atoms with Crippen LogP contribution in [0.15, 0.2) is 29.3 Å². The van der Waals surface area contributed by atoms with E-state index in [-0.39, 0.29) is 6.04 Å². The summed E-state index contributed by atoms with van der Waals surface area (Å²) in [4.78, 5) is 17.0. The predicted molar refractivity (Wildman–Crippen MR) is 59.8 cm³/mol. The fraction of sp³-hybridized carbons (Fsp3) is 0.182. The molecule has 1 heterocycles. The molecule has 15 heavy (non-hydrogen) atoms.